The topological polar surface area (TPSA) is 35.5 Å². The number of hydrogen-bond donors (Lipinski definition) is 0. The van der Waals surface area contributed by atoms with Gasteiger partial charge in [0.1, 0.15) is 6.10 Å². The van der Waals surface area contributed by atoms with Crippen LogP contribution in [0.1, 0.15) is 57.8 Å². The van der Waals surface area contributed by atoms with E-state index in [2.05, 4.69) is 12.2 Å². The van der Waals surface area contributed by atoms with Gasteiger partial charge in [0.15, 0.2) is 0 Å². The van der Waals surface area contributed by atoms with Gasteiger partial charge in [-0.25, -0.2) is 0 Å². The molecule has 5 rings (SSSR count). The Morgan fingerprint density at radius 2 is 1.61 bits per heavy atom. The van der Waals surface area contributed by atoms with Gasteiger partial charge < -0.3 is 9.47 Å². The molecule has 23 heavy (non-hydrogen) atoms. The number of rotatable bonds is 2. The lowest BCUT2D eigenvalue weighted by Gasteiger charge is -2.33. The summed E-state index contributed by atoms with van der Waals surface area (Å²) in [5, 5.41) is 0. The smallest absolute Gasteiger partial charge is 0.311 e. The van der Waals surface area contributed by atoms with Crippen LogP contribution in [0.3, 0.4) is 0 Å². The highest BCUT2D eigenvalue weighted by atomic mass is 16.6. The standard InChI is InChI=1S/C20H28O3/c21-20(22-14-6-4-2-1-3-5-7-14)15-11-16-17-12-8-9-13(10-12)18(17)19(15)23-16/h8-9,12-19H,1-7,10-11H2. The quantitative estimate of drug-likeness (QED) is 0.573. The Labute approximate surface area is 138 Å². The van der Waals surface area contributed by atoms with Crippen molar-refractivity contribution in [1.82, 2.24) is 0 Å². The van der Waals surface area contributed by atoms with Crippen molar-refractivity contribution in [3.8, 4) is 0 Å². The van der Waals surface area contributed by atoms with Crippen LogP contribution < -0.4 is 0 Å². The molecule has 7 unspecified atom stereocenters. The Bertz CT molecular complexity index is 505. The number of carbonyl (C=O) groups excluding carboxylic acids is 1. The van der Waals surface area contributed by atoms with Crippen LogP contribution in [-0.2, 0) is 14.3 Å². The van der Waals surface area contributed by atoms with Gasteiger partial charge >= 0.3 is 5.97 Å². The molecule has 0 aromatic rings. The van der Waals surface area contributed by atoms with E-state index in [-0.39, 0.29) is 24.1 Å². The van der Waals surface area contributed by atoms with Crippen LogP contribution in [0.15, 0.2) is 12.2 Å². The van der Waals surface area contributed by atoms with Gasteiger partial charge in [-0.15, -0.1) is 0 Å². The highest BCUT2D eigenvalue weighted by Gasteiger charge is 2.64. The monoisotopic (exact) mass is 316 g/mol. The fourth-order valence-electron chi connectivity index (χ4n) is 6.25. The number of allylic oxidation sites excluding steroid dienone is 2. The van der Waals surface area contributed by atoms with Crippen molar-refractivity contribution in [3.63, 3.8) is 0 Å². The molecule has 126 valence electrons. The summed E-state index contributed by atoms with van der Waals surface area (Å²) in [6.07, 6.45) is 16.1. The second-order valence-electron chi connectivity index (χ2n) is 8.49. The van der Waals surface area contributed by atoms with E-state index in [9.17, 15) is 4.79 Å². The molecule has 0 spiro atoms. The fraction of sp³-hybridized carbons (Fsp3) is 0.850. The Balaban J connectivity index is 1.24. The highest BCUT2D eigenvalue weighted by molar-refractivity contribution is 5.74. The summed E-state index contributed by atoms with van der Waals surface area (Å²) < 4.78 is 12.2. The molecule has 2 saturated carbocycles. The third-order valence-corrected chi connectivity index (χ3v) is 7.24. The maximum absolute atomic E-state index is 12.8. The largest absolute Gasteiger partial charge is 0.462 e. The van der Waals surface area contributed by atoms with E-state index in [1.54, 1.807) is 0 Å². The van der Waals surface area contributed by atoms with Crippen molar-refractivity contribution in [2.24, 2.45) is 29.6 Å². The Morgan fingerprint density at radius 3 is 2.39 bits per heavy atom. The summed E-state index contributed by atoms with van der Waals surface area (Å²) in [6.45, 7) is 0. The van der Waals surface area contributed by atoms with Crippen molar-refractivity contribution in [3.05, 3.63) is 12.2 Å². The average molecular weight is 316 g/mol. The molecule has 0 amide bonds. The summed E-state index contributed by atoms with van der Waals surface area (Å²) in [6, 6.07) is 0. The molecular weight excluding hydrogens is 288 g/mol. The molecule has 2 aliphatic heterocycles. The van der Waals surface area contributed by atoms with E-state index in [0.717, 1.165) is 25.2 Å². The van der Waals surface area contributed by atoms with Crippen LogP contribution in [0.25, 0.3) is 0 Å². The molecule has 2 saturated heterocycles. The van der Waals surface area contributed by atoms with E-state index >= 15 is 0 Å². The van der Waals surface area contributed by atoms with Crippen molar-refractivity contribution in [2.45, 2.75) is 76.1 Å². The van der Waals surface area contributed by atoms with Crippen molar-refractivity contribution < 1.29 is 14.3 Å². The number of carbonyl (C=O) groups is 1. The van der Waals surface area contributed by atoms with Crippen LogP contribution in [0, 0.1) is 29.6 Å². The van der Waals surface area contributed by atoms with E-state index in [1.165, 1.54) is 38.5 Å². The predicted octanol–water partition coefficient (Wildman–Crippen LogP) is 3.87. The molecule has 2 heterocycles. The van der Waals surface area contributed by atoms with Crippen LogP contribution in [-0.4, -0.2) is 24.3 Å². The highest BCUT2D eigenvalue weighted by Crippen LogP contribution is 2.61. The van der Waals surface area contributed by atoms with Gasteiger partial charge in [0.2, 0.25) is 0 Å². The first-order valence-electron chi connectivity index (χ1n) is 9.85. The third kappa shape index (κ3) is 2.30. The van der Waals surface area contributed by atoms with Gasteiger partial charge in [0, 0.05) is 0 Å². The Hall–Kier alpha value is -0.830. The van der Waals surface area contributed by atoms with E-state index < -0.39 is 0 Å². The zero-order valence-electron chi connectivity index (χ0n) is 13.9. The summed E-state index contributed by atoms with van der Waals surface area (Å²) in [4.78, 5) is 12.8. The lowest BCUT2D eigenvalue weighted by Crippen LogP contribution is -2.40. The lowest BCUT2D eigenvalue weighted by atomic mass is 9.69. The zero-order valence-corrected chi connectivity index (χ0v) is 13.9. The molecule has 0 aromatic heterocycles. The fourth-order valence-corrected chi connectivity index (χ4v) is 6.25. The maximum atomic E-state index is 12.8. The summed E-state index contributed by atoms with van der Waals surface area (Å²) in [7, 11) is 0. The van der Waals surface area contributed by atoms with Gasteiger partial charge in [-0.05, 0) is 62.2 Å². The van der Waals surface area contributed by atoms with Crippen molar-refractivity contribution >= 4 is 5.97 Å². The van der Waals surface area contributed by atoms with Crippen LogP contribution in [0.2, 0.25) is 0 Å². The molecule has 4 fully saturated rings. The molecule has 7 atom stereocenters. The van der Waals surface area contributed by atoms with Crippen LogP contribution in [0.4, 0.5) is 0 Å². The molecule has 0 aromatic carbocycles. The second-order valence-corrected chi connectivity index (χ2v) is 8.49. The number of ether oxygens (including phenoxy) is 2. The first kappa shape index (κ1) is 14.5. The minimum atomic E-state index is 0.0134. The molecule has 3 aliphatic carbocycles. The van der Waals surface area contributed by atoms with E-state index in [4.69, 9.17) is 9.47 Å². The first-order valence-corrected chi connectivity index (χ1v) is 9.85. The second kappa shape index (κ2) is 5.61. The molecule has 4 bridgehead atoms. The summed E-state index contributed by atoms with van der Waals surface area (Å²) in [5.74, 6) is 2.74. The molecule has 3 nitrogen and oxygen atoms in total. The molecule has 5 aliphatic rings. The minimum Gasteiger partial charge on any atom is -0.462 e. The predicted molar refractivity (Wildman–Crippen MR) is 86.7 cm³/mol. The molecule has 3 heteroatoms. The first-order chi connectivity index (χ1) is 11.3. The number of esters is 1. The number of hydrogen-bond acceptors (Lipinski definition) is 3. The average Bonchev–Trinajstić information content (AvgIpc) is 3.27. The normalized spacial score (nSPS) is 48.3. The van der Waals surface area contributed by atoms with Gasteiger partial charge in [-0.1, -0.05) is 31.4 Å². The molecular formula is C20H28O3. The Morgan fingerprint density at radius 1 is 0.913 bits per heavy atom. The third-order valence-electron chi connectivity index (χ3n) is 7.24. The SMILES string of the molecule is O=C(OC1CCCCCCC1)C1CC2OC1C1C3C=CC(C3)C21. The van der Waals surface area contributed by atoms with Gasteiger partial charge in [0.25, 0.3) is 0 Å². The molecule has 0 radical (unpaired) electrons. The van der Waals surface area contributed by atoms with Crippen LogP contribution >= 0.6 is 0 Å². The zero-order chi connectivity index (χ0) is 15.4. The Kier molecular flexibility index (Phi) is 3.54. The summed E-state index contributed by atoms with van der Waals surface area (Å²) >= 11 is 0. The van der Waals surface area contributed by atoms with Crippen LogP contribution in [0.5, 0.6) is 0 Å². The van der Waals surface area contributed by atoms with Gasteiger partial charge in [0.05, 0.1) is 18.1 Å². The maximum Gasteiger partial charge on any atom is 0.311 e. The summed E-state index contributed by atoms with van der Waals surface area (Å²) in [5.41, 5.74) is 0. The lowest BCUT2D eigenvalue weighted by molar-refractivity contribution is -0.157. The number of fused-ring (bicyclic) bond motifs is 9. The van der Waals surface area contributed by atoms with Gasteiger partial charge in [-0.2, -0.15) is 0 Å². The van der Waals surface area contributed by atoms with Crippen molar-refractivity contribution in [2.75, 3.05) is 0 Å². The van der Waals surface area contributed by atoms with E-state index in [1.807, 2.05) is 0 Å². The minimum absolute atomic E-state index is 0.0134. The van der Waals surface area contributed by atoms with E-state index in [0.29, 0.717) is 23.9 Å². The molecule has 0 N–H and O–H groups in total. The van der Waals surface area contributed by atoms with Crippen molar-refractivity contribution in [1.29, 1.82) is 0 Å². The van der Waals surface area contributed by atoms with Gasteiger partial charge in [-0.3, -0.25) is 4.79 Å².